The van der Waals surface area contributed by atoms with E-state index in [9.17, 15) is 18.5 Å². The Morgan fingerprint density at radius 3 is 2.08 bits per heavy atom. The van der Waals surface area contributed by atoms with E-state index in [-0.39, 0.29) is 15.9 Å². The molecule has 0 spiro atoms. The van der Waals surface area contributed by atoms with Gasteiger partial charge in [-0.25, -0.2) is 0 Å². The SMILES string of the molecule is ClCCl.O=[N+]([O-])c1ccc(S(=O)(=O)N2N=C(c3ccccc3)C[C@]2(/C=C/CI)c2ccccc2)cc1. The number of alkyl halides is 3. The van der Waals surface area contributed by atoms with Gasteiger partial charge in [0.2, 0.25) is 0 Å². The summed E-state index contributed by atoms with van der Waals surface area (Å²) in [7, 11) is -4.14. The fraction of sp³-hybridized carbons (Fsp3) is 0.160. The van der Waals surface area contributed by atoms with Crippen LogP contribution in [0.1, 0.15) is 17.5 Å². The predicted octanol–water partition coefficient (Wildman–Crippen LogP) is 6.70. The van der Waals surface area contributed by atoms with E-state index < -0.39 is 20.5 Å². The fourth-order valence-corrected chi connectivity index (χ4v) is 5.65. The largest absolute Gasteiger partial charge is 0.280 e. The average molecular weight is 658 g/mol. The van der Waals surface area contributed by atoms with Crippen molar-refractivity contribution in [3.05, 3.63) is 118 Å². The molecule has 1 atom stereocenters. The lowest BCUT2D eigenvalue weighted by molar-refractivity contribution is -0.384. The number of rotatable bonds is 7. The third kappa shape index (κ3) is 6.08. The van der Waals surface area contributed by atoms with Crippen LogP contribution in [-0.2, 0) is 15.6 Å². The first-order chi connectivity index (χ1) is 17.3. The molecule has 3 aromatic carbocycles. The van der Waals surface area contributed by atoms with Gasteiger partial charge < -0.3 is 0 Å². The van der Waals surface area contributed by atoms with Gasteiger partial charge in [0.1, 0.15) is 5.54 Å². The number of nitro benzene ring substituents is 1. The number of nitro groups is 1. The number of hydrogen-bond acceptors (Lipinski definition) is 5. The minimum absolute atomic E-state index is 0.0608. The minimum Gasteiger partial charge on any atom is -0.258 e. The van der Waals surface area contributed by atoms with Crippen molar-refractivity contribution in [2.24, 2.45) is 5.10 Å². The topological polar surface area (TPSA) is 92.9 Å². The summed E-state index contributed by atoms with van der Waals surface area (Å²) in [6.45, 7) is 0. The second-order valence-corrected chi connectivity index (χ2v) is 11.0. The number of allylic oxidation sites excluding steroid dienone is 1. The number of sulfonamides is 1. The fourth-order valence-electron chi connectivity index (χ4n) is 3.85. The number of hydrogen-bond donors (Lipinski definition) is 0. The lowest BCUT2D eigenvalue weighted by Crippen LogP contribution is -2.42. The molecule has 1 aliphatic heterocycles. The minimum atomic E-state index is -4.14. The van der Waals surface area contributed by atoms with E-state index in [1.54, 1.807) is 0 Å². The van der Waals surface area contributed by atoms with Gasteiger partial charge in [-0.2, -0.15) is 17.9 Å². The highest BCUT2D eigenvalue weighted by Crippen LogP contribution is 2.44. The summed E-state index contributed by atoms with van der Waals surface area (Å²) in [5.74, 6) is 0. The zero-order valence-electron chi connectivity index (χ0n) is 18.9. The van der Waals surface area contributed by atoms with Gasteiger partial charge in [-0.15, -0.1) is 23.2 Å². The zero-order chi connectivity index (χ0) is 26.2. The van der Waals surface area contributed by atoms with Gasteiger partial charge in [0, 0.05) is 23.0 Å². The van der Waals surface area contributed by atoms with Crippen molar-refractivity contribution >= 4 is 67.2 Å². The van der Waals surface area contributed by atoms with Gasteiger partial charge in [-0.3, -0.25) is 10.1 Å². The quantitative estimate of drug-likeness (QED) is 0.0929. The normalized spacial score (nSPS) is 17.4. The average Bonchev–Trinajstić information content (AvgIpc) is 3.31. The summed E-state index contributed by atoms with van der Waals surface area (Å²) < 4.78 is 29.6. The van der Waals surface area contributed by atoms with E-state index in [1.165, 1.54) is 24.3 Å². The molecule has 1 heterocycles. The van der Waals surface area contributed by atoms with Crippen molar-refractivity contribution < 1.29 is 13.3 Å². The molecule has 36 heavy (non-hydrogen) atoms. The molecule has 11 heteroatoms. The Bertz CT molecular complexity index is 1340. The molecule has 7 nitrogen and oxygen atoms in total. The lowest BCUT2D eigenvalue weighted by Gasteiger charge is -2.34. The molecule has 3 aromatic rings. The number of benzene rings is 3. The Labute approximate surface area is 233 Å². The van der Waals surface area contributed by atoms with Crippen molar-refractivity contribution in [1.82, 2.24) is 4.41 Å². The van der Waals surface area contributed by atoms with E-state index in [0.29, 0.717) is 16.6 Å². The summed E-state index contributed by atoms with van der Waals surface area (Å²) in [4.78, 5) is 10.4. The molecule has 0 bridgehead atoms. The first-order valence-corrected chi connectivity index (χ1v) is 14.7. The molecule has 0 unspecified atom stereocenters. The van der Waals surface area contributed by atoms with Gasteiger partial charge in [-0.05, 0) is 23.3 Å². The molecule has 188 valence electrons. The van der Waals surface area contributed by atoms with Gasteiger partial charge >= 0.3 is 0 Å². The van der Waals surface area contributed by atoms with Crippen LogP contribution in [0.25, 0.3) is 0 Å². The smallest absolute Gasteiger partial charge is 0.258 e. The molecular weight excluding hydrogens is 636 g/mol. The van der Waals surface area contributed by atoms with Crippen LogP contribution in [0, 0.1) is 10.1 Å². The molecule has 1 aliphatic rings. The predicted molar refractivity (Wildman–Crippen MR) is 152 cm³/mol. The molecule has 0 radical (unpaired) electrons. The van der Waals surface area contributed by atoms with E-state index >= 15 is 0 Å². The highest BCUT2D eigenvalue weighted by atomic mass is 127. The molecule has 0 aliphatic carbocycles. The summed E-state index contributed by atoms with van der Waals surface area (Å²) in [6, 6.07) is 23.7. The molecular formula is C25H22Cl2IN3O4S. The van der Waals surface area contributed by atoms with E-state index in [0.717, 1.165) is 15.5 Å². The number of non-ortho nitro benzene ring substituents is 1. The van der Waals surface area contributed by atoms with Crippen LogP contribution in [0.15, 0.2) is 107 Å². The van der Waals surface area contributed by atoms with Crippen molar-refractivity contribution in [1.29, 1.82) is 0 Å². The van der Waals surface area contributed by atoms with Crippen LogP contribution in [0.2, 0.25) is 0 Å². The maximum Gasteiger partial charge on any atom is 0.280 e. The van der Waals surface area contributed by atoms with Crippen LogP contribution in [0.3, 0.4) is 0 Å². The van der Waals surface area contributed by atoms with Gasteiger partial charge in [0.15, 0.2) is 0 Å². The summed E-state index contributed by atoms with van der Waals surface area (Å²) in [6.07, 6.45) is 4.16. The Morgan fingerprint density at radius 1 is 1.00 bits per heavy atom. The summed E-state index contributed by atoms with van der Waals surface area (Å²) in [5.41, 5.74) is 1.01. The molecule has 0 saturated carbocycles. The van der Waals surface area contributed by atoms with Crippen molar-refractivity contribution in [2.45, 2.75) is 16.9 Å². The first kappa shape index (κ1) is 28.1. The Kier molecular flexibility index (Phi) is 9.89. The van der Waals surface area contributed by atoms with E-state index in [2.05, 4.69) is 27.7 Å². The summed E-state index contributed by atoms with van der Waals surface area (Å²) in [5, 5.41) is 15.9. The zero-order valence-corrected chi connectivity index (χ0v) is 23.4. The Hall–Kier alpha value is -2.47. The number of nitrogens with zero attached hydrogens (tertiary/aromatic N) is 3. The standard InChI is InChI=1S/C24H20IN3O4S.CH2Cl2/c25-17-7-16-24(20-10-5-2-6-11-20)18-23(19-8-3-1-4-9-19)26-28(24)33(31,32)22-14-12-21(13-15-22)27(29)30;2-1-3/h1-16H,17-18H2;1H2/b16-7+;/t24-;/m1./s1. The van der Waals surface area contributed by atoms with Crippen molar-refractivity contribution in [3.63, 3.8) is 0 Å². The van der Waals surface area contributed by atoms with Gasteiger partial charge in [0.05, 0.1) is 20.9 Å². The molecule has 0 saturated heterocycles. The van der Waals surface area contributed by atoms with Crippen LogP contribution >= 0.6 is 45.8 Å². The lowest BCUT2D eigenvalue weighted by atomic mass is 9.84. The number of halogens is 3. The second-order valence-electron chi connectivity index (χ2n) is 7.54. The maximum atomic E-state index is 13.9. The molecule has 0 amide bonds. The van der Waals surface area contributed by atoms with E-state index in [1.807, 2.05) is 72.8 Å². The molecule has 0 fully saturated rings. The van der Waals surface area contributed by atoms with Crippen LogP contribution in [0.4, 0.5) is 5.69 Å². The van der Waals surface area contributed by atoms with E-state index in [4.69, 9.17) is 23.2 Å². The molecule has 0 N–H and O–H groups in total. The van der Waals surface area contributed by atoms with Crippen LogP contribution in [-0.4, -0.2) is 33.2 Å². The highest BCUT2D eigenvalue weighted by molar-refractivity contribution is 14.1. The van der Waals surface area contributed by atoms with Crippen LogP contribution < -0.4 is 0 Å². The molecule has 4 rings (SSSR count). The second kappa shape index (κ2) is 12.7. The Morgan fingerprint density at radius 2 is 1.56 bits per heavy atom. The monoisotopic (exact) mass is 657 g/mol. The first-order valence-electron chi connectivity index (χ1n) is 10.6. The third-order valence-corrected chi connectivity index (χ3v) is 7.67. The van der Waals surface area contributed by atoms with Crippen molar-refractivity contribution in [3.8, 4) is 0 Å². The summed E-state index contributed by atoms with van der Waals surface area (Å²) >= 11 is 11.7. The van der Waals surface area contributed by atoms with Crippen molar-refractivity contribution in [2.75, 3.05) is 9.77 Å². The van der Waals surface area contributed by atoms with Crippen LogP contribution in [0.5, 0.6) is 0 Å². The third-order valence-electron chi connectivity index (χ3n) is 5.43. The maximum absolute atomic E-state index is 13.9. The molecule has 0 aromatic heterocycles. The number of hydrazone groups is 1. The highest BCUT2D eigenvalue weighted by Gasteiger charge is 2.48. The van der Waals surface area contributed by atoms with Gasteiger partial charge in [0.25, 0.3) is 15.7 Å². The van der Waals surface area contributed by atoms with Gasteiger partial charge in [-0.1, -0.05) is 95.4 Å². The Balaban J connectivity index is 0.00000115.